The first kappa shape index (κ1) is 14.5. The van der Waals surface area contributed by atoms with E-state index in [1.165, 1.54) is 25.4 Å². The molecule has 108 valence electrons. The number of pyridine rings is 1. The average Bonchev–Trinajstić information content (AvgIpc) is 2.48. The fourth-order valence-corrected chi connectivity index (χ4v) is 1.85. The van der Waals surface area contributed by atoms with Crippen LogP contribution in [0.4, 0.5) is 5.69 Å². The summed E-state index contributed by atoms with van der Waals surface area (Å²) in [6.07, 6.45) is 1.53. The van der Waals surface area contributed by atoms with Crippen molar-refractivity contribution < 1.29 is 19.4 Å². The minimum absolute atomic E-state index is 0.171. The number of benzene rings is 1. The zero-order valence-corrected chi connectivity index (χ0v) is 11.6. The van der Waals surface area contributed by atoms with E-state index < -0.39 is 5.97 Å². The summed E-state index contributed by atoms with van der Waals surface area (Å²) in [6.45, 7) is 1.72. The second-order valence-corrected chi connectivity index (χ2v) is 4.35. The lowest BCUT2D eigenvalue weighted by Gasteiger charge is -2.10. The van der Waals surface area contributed by atoms with Gasteiger partial charge in [0, 0.05) is 11.9 Å². The highest BCUT2D eigenvalue weighted by Gasteiger charge is 2.14. The van der Waals surface area contributed by atoms with E-state index in [0.717, 1.165) is 0 Å². The van der Waals surface area contributed by atoms with Gasteiger partial charge in [-0.05, 0) is 42.8 Å². The van der Waals surface area contributed by atoms with Crippen LogP contribution in [0.5, 0.6) is 5.88 Å². The Morgan fingerprint density at radius 1 is 1.29 bits per heavy atom. The normalized spacial score (nSPS) is 10.0. The number of nitrogens with one attached hydrogen (secondary N) is 1. The SMILES string of the molecule is COc1ncccc1C(=O)Nc1ccc(C(=O)O)cc1C. The van der Waals surface area contributed by atoms with Gasteiger partial charge in [0.1, 0.15) is 5.56 Å². The van der Waals surface area contributed by atoms with Crippen LogP contribution < -0.4 is 10.1 Å². The lowest BCUT2D eigenvalue weighted by Crippen LogP contribution is -2.14. The molecule has 0 aliphatic rings. The Bertz CT molecular complexity index is 698. The van der Waals surface area contributed by atoms with E-state index in [4.69, 9.17) is 9.84 Å². The summed E-state index contributed by atoms with van der Waals surface area (Å²) in [5, 5.41) is 11.6. The Kier molecular flexibility index (Phi) is 4.18. The maximum atomic E-state index is 12.2. The number of carboxylic acid groups (broad SMARTS) is 1. The van der Waals surface area contributed by atoms with Gasteiger partial charge in [-0.2, -0.15) is 0 Å². The van der Waals surface area contributed by atoms with E-state index in [2.05, 4.69) is 10.3 Å². The molecular weight excluding hydrogens is 272 g/mol. The number of hydrogen-bond acceptors (Lipinski definition) is 4. The number of aryl methyl sites for hydroxylation is 1. The average molecular weight is 286 g/mol. The van der Waals surface area contributed by atoms with Crippen molar-refractivity contribution in [1.29, 1.82) is 0 Å². The first-order valence-corrected chi connectivity index (χ1v) is 6.17. The summed E-state index contributed by atoms with van der Waals surface area (Å²) in [5.41, 5.74) is 1.67. The van der Waals surface area contributed by atoms with Crippen LogP contribution in [0.25, 0.3) is 0 Å². The zero-order chi connectivity index (χ0) is 15.4. The Labute approximate surface area is 121 Å². The van der Waals surface area contributed by atoms with Gasteiger partial charge in [0.25, 0.3) is 5.91 Å². The topological polar surface area (TPSA) is 88.5 Å². The summed E-state index contributed by atoms with van der Waals surface area (Å²) in [7, 11) is 1.44. The van der Waals surface area contributed by atoms with Gasteiger partial charge in [-0.1, -0.05) is 0 Å². The number of carbonyl (C=O) groups excluding carboxylic acids is 1. The number of carboxylic acids is 1. The van der Waals surface area contributed by atoms with Gasteiger partial charge >= 0.3 is 5.97 Å². The van der Waals surface area contributed by atoms with Crippen molar-refractivity contribution in [1.82, 2.24) is 4.98 Å². The Morgan fingerprint density at radius 3 is 2.67 bits per heavy atom. The molecule has 0 aliphatic heterocycles. The predicted octanol–water partition coefficient (Wildman–Crippen LogP) is 2.35. The molecule has 0 radical (unpaired) electrons. The van der Waals surface area contributed by atoms with E-state index in [-0.39, 0.29) is 17.4 Å². The van der Waals surface area contributed by atoms with Gasteiger partial charge < -0.3 is 15.2 Å². The van der Waals surface area contributed by atoms with Crippen molar-refractivity contribution >= 4 is 17.6 Å². The molecule has 6 nitrogen and oxygen atoms in total. The number of rotatable bonds is 4. The van der Waals surface area contributed by atoms with Crippen molar-refractivity contribution in [2.24, 2.45) is 0 Å². The van der Waals surface area contributed by atoms with E-state index in [0.29, 0.717) is 16.8 Å². The number of amides is 1. The molecule has 1 amide bonds. The Balaban J connectivity index is 2.26. The molecular formula is C15H14N2O4. The van der Waals surface area contributed by atoms with Crippen LogP contribution in [-0.2, 0) is 0 Å². The molecule has 0 saturated heterocycles. The number of methoxy groups -OCH3 is 1. The largest absolute Gasteiger partial charge is 0.480 e. The molecule has 0 fully saturated rings. The van der Waals surface area contributed by atoms with Crippen molar-refractivity contribution in [3.05, 3.63) is 53.2 Å². The number of carbonyl (C=O) groups is 2. The molecule has 2 N–H and O–H groups in total. The van der Waals surface area contributed by atoms with Gasteiger partial charge in [0.2, 0.25) is 5.88 Å². The fraction of sp³-hybridized carbons (Fsp3) is 0.133. The molecule has 0 aliphatic carbocycles. The highest BCUT2D eigenvalue weighted by molar-refractivity contribution is 6.06. The lowest BCUT2D eigenvalue weighted by molar-refractivity contribution is 0.0696. The molecule has 6 heteroatoms. The minimum Gasteiger partial charge on any atom is -0.480 e. The smallest absolute Gasteiger partial charge is 0.335 e. The number of aromatic carboxylic acids is 1. The maximum Gasteiger partial charge on any atom is 0.335 e. The third-order valence-electron chi connectivity index (χ3n) is 2.93. The molecule has 1 aromatic carbocycles. The standard InChI is InChI=1S/C15H14N2O4/c1-9-8-10(15(19)20)5-6-12(9)17-13(18)11-4-3-7-16-14(11)21-2/h3-8H,1-2H3,(H,17,18)(H,19,20). The highest BCUT2D eigenvalue weighted by atomic mass is 16.5. The molecule has 2 aromatic rings. The molecule has 0 bridgehead atoms. The molecule has 0 atom stereocenters. The van der Waals surface area contributed by atoms with Crippen LogP contribution in [0.15, 0.2) is 36.5 Å². The Hall–Kier alpha value is -2.89. The molecule has 0 spiro atoms. The third-order valence-corrected chi connectivity index (χ3v) is 2.93. The fourth-order valence-electron chi connectivity index (χ4n) is 1.85. The second kappa shape index (κ2) is 6.04. The van der Waals surface area contributed by atoms with Crippen LogP contribution in [-0.4, -0.2) is 29.1 Å². The maximum absolute atomic E-state index is 12.2. The zero-order valence-electron chi connectivity index (χ0n) is 11.6. The lowest BCUT2D eigenvalue weighted by atomic mass is 10.1. The summed E-state index contributed by atoms with van der Waals surface area (Å²) in [6, 6.07) is 7.73. The summed E-state index contributed by atoms with van der Waals surface area (Å²) in [4.78, 5) is 27.1. The molecule has 2 rings (SSSR count). The van der Waals surface area contributed by atoms with Crippen LogP contribution in [0, 0.1) is 6.92 Å². The van der Waals surface area contributed by atoms with E-state index >= 15 is 0 Å². The van der Waals surface area contributed by atoms with Gasteiger partial charge in [-0.25, -0.2) is 9.78 Å². The first-order chi connectivity index (χ1) is 10.0. The first-order valence-electron chi connectivity index (χ1n) is 6.17. The van der Waals surface area contributed by atoms with Crippen molar-refractivity contribution in [2.75, 3.05) is 12.4 Å². The molecule has 21 heavy (non-hydrogen) atoms. The number of ether oxygens (including phenoxy) is 1. The van der Waals surface area contributed by atoms with Crippen molar-refractivity contribution in [2.45, 2.75) is 6.92 Å². The van der Waals surface area contributed by atoms with Crippen LogP contribution in [0.3, 0.4) is 0 Å². The van der Waals surface area contributed by atoms with Crippen molar-refractivity contribution in [3.8, 4) is 5.88 Å². The minimum atomic E-state index is -1.01. The van der Waals surface area contributed by atoms with E-state index in [9.17, 15) is 9.59 Å². The monoisotopic (exact) mass is 286 g/mol. The number of nitrogens with zero attached hydrogens (tertiary/aromatic N) is 1. The number of aromatic nitrogens is 1. The van der Waals surface area contributed by atoms with Gasteiger partial charge in [-0.3, -0.25) is 4.79 Å². The summed E-state index contributed by atoms with van der Waals surface area (Å²) in [5.74, 6) is -1.15. The number of anilines is 1. The summed E-state index contributed by atoms with van der Waals surface area (Å²) >= 11 is 0. The second-order valence-electron chi connectivity index (χ2n) is 4.35. The molecule has 1 heterocycles. The quantitative estimate of drug-likeness (QED) is 0.900. The highest BCUT2D eigenvalue weighted by Crippen LogP contribution is 2.20. The summed E-state index contributed by atoms with van der Waals surface area (Å²) < 4.78 is 5.04. The molecule has 1 aromatic heterocycles. The molecule has 0 unspecified atom stereocenters. The van der Waals surface area contributed by atoms with Gasteiger partial charge in [-0.15, -0.1) is 0 Å². The van der Waals surface area contributed by atoms with Gasteiger partial charge in [0.15, 0.2) is 0 Å². The molecule has 0 saturated carbocycles. The van der Waals surface area contributed by atoms with Crippen molar-refractivity contribution in [3.63, 3.8) is 0 Å². The van der Waals surface area contributed by atoms with Crippen LogP contribution in [0.2, 0.25) is 0 Å². The van der Waals surface area contributed by atoms with Gasteiger partial charge in [0.05, 0.1) is 12.7 Å². The predicted molar refractivity (Wildman–Crippen MR) is 76.9 cm³/mol. The Morgan fingerprint density at radius 2 is 2.05 bits per heavy atom. The van der Waals surface area contributed by atoms with Crippen LogP contribution in [0.1, 0.15) is 26.3 Å². The van der Waals surface area contributed by atoms with E-state index in [1.54, 1.807) is 25.1 Å². The van der Waals surface area contributed by atoms with Crippen LogP contribution >= 0.6 is 0 Å². The van der Waals surface area contributed by atoms with E-state index in [1.807, 2.05) is 0 Å². The number of hydrogen-bond donors (Lipinski definition) is 2. The third kappa shape index (κ3) is 3.17.